The Hall–Kier alpha value is -1.59. The van der Waals surface area contributed by atoms with E-state index in [0.29, 0.717) is 12.8 Å². The molecule has 0 saturated heterocycles. The number of benzene rings is 1. The number of hydrogen-bond donors (Lipinski definition) is 4. The first-order valence-corrected chi connectivity index (χ1v) is 9.69. The van der Waals surface area contributed by atoms with E-state index in [1.54, 1.807) is 6.92 Å². The van der Waals surface area contributed by atoms with Gasteiger partial charge in [0, 0.05) is 6.42 Å². The number of aliphatic hydroxyl groups is 2. The van der Waals surface area contributed by atoms with Gasteiger partial charge < -0.3 is 20.6 Å². The van der Waals surface area contributed by atoms with Crippen molar-refractivity contribution in [3.05, 3.63) is 28.8 Å². The maximum Gasteiger partial charge on any atom is 0.220 e. The van der Waals surface area contributed by atoms with Crippen molar-refractivity contribution < 1.29 is 20.1 Å². The molecule has 5 heteroatoms. The van der Waals surface area contributed by atoms with Crippen LogP contribution >= 0.6 is 0 Å². The second-order valence-corrected chi connectivity index (χ2v) is 9.53. The molecular weight excluding hydrogens is 342 g/mol. The van der Waals surface area contributed by atoms with E-state index < -0.39 is 5.54 Å². The fourth-order valence-electron chi connectivity index (χ4n) is 2.94. The molecule has 0 unspecified atom stereocenters. The fourth-order valence-corrected chi connectivity index (χ4v) is 2.94. The summed E-state index contributed by atoms with van der Waals surface area (Å²) in [6.07, 6.45) is 0.998. The number of amides is 1. The summed E-state index contributed by atoms with van der Waals surface area (Å²) in [4.78, 5) is 12.4. The van der Waals surface area contributed by atoms with E-state index >= 15 is 0 Å². The highest BCUT2D eigenvalue weighted by atomic mass is 16.3. The molecule has 0 bridgehead atoms. The van der Waals surface area contributed by atoms with Crippen LogP contribution in [0, 0.1) is 0 Å². The minimum atomic E-state index is -0.997. The van der Waals surface area contributed by atoms with Gasteiger partial charge >= 0.3 is 0 Å². The molecule has 0 spiro atoms. The van der Waals surface area contributed by atoms with Gasteiger partial charge in [0.2, 0.25) is 5.91 Å². The number of hydrogen-bond acceptors (Lipinski definition) is 4. The molecule has 5 nitrogen and oxygen atoms in total. The number of carbonyl (C=O) groups is 1. The van der Waals surface area contributed by atoms with Crippen LogP contribution in [-0.2, 0) is 22.0 Å². The Bertz CT molecular complexity index is 641. The molecule has 0 aliphatic carbocycles. The predicted octanol–water partition coefficient (Wildman–Crippen LogP) is 3.17. The third-order valence-corrected chi connectivity index (χ3v) is 5.17. The summed E-state index contributed by atoms with van der Waals surface area (Å²) in [5.41, 5.74) is 1.46. The van der Waals surface area contributed by atoms with Crippen LogP contribution in [0.4, 0.5) is 0 Å². The molecule has 0 saturated carbocycles. The number of phenols is 1. The quantitative estimate of drug-likeness (QED) is 0.586. The molecule has 4 N–H and O–H groups in total. The largest absolute Gasteiger partial charge is 0.507 e. The molecule has 0 atom stereocenters. The fraction of sp³-hybridized carbons (Fsp3) is 0.682. The van der Waals surface area contributed by atoms with Gasteiger partial charge in [-0.1, -0.05) is 60.6 Å². The van der Waals surface area contributed by atoms with Crippen molar-refractivity contribution >= 4 is 5.91 Å². The van der Waals surface area contributed by atoms with Gasteiger partial charge in [-0.3, -0.25) is 4.79 Å². The highest BCUT2D eigenvalue weighted by Gasteiger charge is 2.29. The molecule has 0 radical (unpaired) electrons. The van der Waals surface area contributed by atoms with E-state index in [0.717, 1.165) is 16.7 Å². The van der Waals surface area contributed by atoms with Crippen molar-refractivity contribution in [1.29, 1.82) is 0 Å². The van der Waals surface area contributed by atoms with Gasteiger partial charge in [0.05, 0.1) is 18.8 Å². The zero-order valence-electron chi connectivity index (χ0n) is 17.9. The summed E-state index contributed by atoms with van der Waals surface area (Å²) in [7, 11) is 0. The number of aliphatic hydroxyl groups excluding tert-OH is 2. The lowest BCUT2D eigenvalue weighted by atomic mass is 9.78. The molecule has 1 aromatic rings. The summed E-state index contributed by atoms with van der Waals surface area (Å²) in [6, 6.07) is 4.03. The number of phenolic OH excluding ortho intramolecular Hbond substituents is 1. The number of rotatable bonds is 7. The Balaban J connectivity index is 3.11. The van der Waals surface area contributed by atoms with Gasteiger partial charge in [0.25, 0.3) is 0 Å². The molecule has 1 amide bonds. The van der Waals surface area contributed by atoms with E-state index in [4.69, 9.17) is 0 Å². The monoisotopic (exact) mass is 379 g/mol. The minimum Gasteiger partial charge on any atom is -0.507 e. The van der Waals surface area contributed by atoms with E-state index in [9.17, 15) is 20.1 Å². The zero-order chi connectivity index (χ0) is 21.0. The Morgan fingerprint density at radius 2 is 1.56 bits per heavy atom. The Morgan fingerprint density at radius 1 is 1.00 bits per heavy atom. The van der Waals surface area contributed by atoms with Crippen LogP contribution < -0.4 is 5.32 Å². The first-order chi connectivity index (χ1) is 12.3. The Kier molecular flexibility index (Phi) is 7.48. The van der Waals surface area contributed by atoms with Gasteiger partial charge in [-0.25, -0.2) is 0 Å². The normalized spacial score (nSPS) is 12.9. The van der Waals surface area contributed by atoms with Crippen molar-refractivity contribution in [3.8, 4) is 5.75 Å². The Morgan fingerprint density at radius 3 is 1.96 bits per heavy atom. The van der Waals surface area contributed by atoms with Gasteiger partial charge in [-0.05, 0) is 40.4 Å². The van der Waals surface area contributed by atoms with Crippen molar-refractivity contribution in [2.45, 2.75) is 84.1 Å². The average Bonchev–Trinajstić information content (AvgIpc) is 2.56. The van der Waals surface area contributed by atoms with Crippen LogP contribution in [0.3, 0.4) is 0 Å². The van der Waals surface area contributed by atoms with Crippen LogP contribution in [0.2, 0.25) is 0 Å². The lowest BCUT2D eigenvalue weighted by Gasteiger charge is -2.30. The smallest absolute Gasteiger partial charge is 0.220 e. The van der Waals surface area contributed by atoms with E-state index in [1.807, 2.05) is 6.07 Å². The van der Waals surface area contributed by atoms with Crippen LogP contribution in [-0.4, -0.2) is 40.0 Å². The second-order valence-electron chi connectivity index (χ2n) is 9.53. The summed E-state index contributed by atoms with van der Waals surface area (Å²) < 4.78 is 0. The van der Waals surface area contributed by atoms with Gasteiger partial charge in [0.15, 0.2) is 0 Å². The Labute approximate surface area is 163 Å². The first kappa shape index (κ1) is 23.4. The van der Waals surface area contributed by atoms with Crippen molar-refractivity contribution in [3.63, 3.8) is 0 Å². The molecule has 27 heavy (non-hydrogen) atoms. The molecule has 0 aromatic heterocycles. The van der Waals surface area contributed by atoms with Crippen LogP contribution in [0.25, 0.3) is 0 Å². The van der Waals surface area contributed by atoms with E-state index in [2.05, 4.69) is 52.9 Å². The first-order valence-electron chi connectivity index (χ1n) is 9.69. The van der Waals surface area contributed by atoms with E-state index in [1.165, 1.54) is 0 Å². The molecule has 0 aliphatic rings. The topological polar surface area (TPSA) is 89.8 Å². The van der Waals surface area contributed by atoms with E-state index in [-0.39, 0.29) is 42.1 Å². The summed E-state index contributed by atoms with van der Waals surface area (Å²) in [6.45, 7) is 13.7. The molecular formula is C22H37NO4. The van der Waals surface area contributed by atoms with Crippen LogP contribution in [0.15, 0.2) is 12.1 Å². The van der Waals surface area contributed by atoms with Crippen molar-refractivity contribution in [2.24, 2.45) is 0 Å². The predicted molar refractivity (Wildman–Crippen MR) is 109 cm³/mol. The SMILES string of the molecule is CCC(CO)(CO)NC(=O)CCc1cc(C(C)(C)C)cc(C(C)(C)C)c1O. The molecule has 0 heterocycles. The molecule has 154 valence electrons. The summed E-state index contributed by atoms with van der Waals surface area (Å²) in [5.74, 6) is -0.00723. The third kappa shape index (κ3) is 5.94. The lowest BCUT2D eigenvalue weighted by molar-refractivity contribution is -0.124. The number of nitrogens with one attached hydrogen (secondary N) is 1. The highest BCUT2D eigenvalue weighted by molar-refractivity contribution is 5.77. The van der Waals surface area contributed by atoms with Gasteiger partial charge in [-0.2, -0.15) is 0 Å². The van der Waals surface area contributed by atoms with Crippen molar-refractivity contribution in [1.82, 2.24) is 5.32 Å². The van der Waals surface area contributed by atoms with Gasteiger partial charge in [-0.15, -0.1) is 0 Å². The van der Waals surface area contributed by atoms with Crippen LogP contribution in [0.1, 0.15) is 78.0 Å². The highest BCUT2D eigenvalue weighted by Crippen LogP contribution is 2.38. The number of aryl methyl sites for hydroxylation is 1. The molecule has 1 aromatic carbocycles. The third-order valence-electron chi connectivity index (χ3n) is 5.17. The molecule has 0 fully saturated rings. The summed E-state index contributed by atoms with van der Waals surface area (Å²) >= 11 is 0. The van der Waals surface area contributed by atoms with Crippen molar-refractivity contribution in [2.75, 3.05) is 13.2 Å². The second kappa shape index (κ2) is 8.61. The molecule has 1 rings (SSSR count). The van der Waals surface area contributed by atoms with Crippen LogP contribution in [0.5, 0.6) is 5.75 Å². The number of aromatic hydroxyl groups is 1. The lowest BCUT2D eigenvalue weighted by Crippen LogP contribution is -2.53. The molecule has 0 aliphatic heterocycles. The van der Waals surface area contributed by atoms with Gasteiger partial charge in [0.1, 0.15) is 5.75 Å². The maximum atomic E-state index is 12.4. The standard InChI is InChI=1S/C22H37NO4/c1-8-22(13-24,14-25)23-18(26)10-9-15-11-16(20(2,3)4)12-17(19(15)27)21(5,6)7/h11-12,24-25,27H,8-10,13-14H2,1-7H3,(H,23,26). The average molecular weight is 380 g/mol. The maximum absolute atomic E-state index is 12.4. The number of carbonyl (C=O) groups excluding carboxylic acids is 1. The summed E-state index contributed by atoms with van der Waals surface area (Å²) in [5, 5.41) is 32.5. The minimum absolute atomic E-state index is 0.0736. The zero-order valence-corrected chi connectivity index (χ0v) is 17.9.